The molecule has 32 heavy (non-hydrogen) atoms. The highest BCUT2D eigenvalue weighted by Gasteiger charge is 2.15. The van der Waals surface area contributed by atoms with Gasteiger partial charge in [0.1, 0.15) is 17.4 Å². The van der Waals surface area contributed by atoms with Crippen LogP contribution in [0.15, 0.2) is 53.9 Å². The fourth-order valence-electron chi connectivity index (χ4n) is 4.08. The van der Waals surface area contributed by atoms with Gasteiger partial charge in [0, 0.05) is 29.3 Å². The number of aromatic nitrogens is 3. The van der Waals surface area contributed by atoms with Crippen molar-refractivity contribution in [3.8, 4) is 17.0 Å². The number of ether oxygens (including phenoxy) is 1. The van der Waals surface area contributed by atoms with Crippen molar-refractivity contribution in [3.63, 3.8) is 0 Å². The normalized spacial score (nSPS) is 14.2. The highest BCUT2D eigenvalue weighted by Crippen LogP contribution is 2.25. The second kappa shape index (κ2) is 9.63. The van der Waals surface area contributed by atoms with E-state index >= 15 is 0 Å². The van der Waals surface area contributed by atoms with Crippen LogP contribution in [0, 0.1) is 0 Å². The maximum atomic E-state index is 5.24. The topological polar surface area (TPSA) is 63.2 Å². The van der Waals surface area contributed by atoms with E-state index < -0.39 is 0 Å². The van der Waals surface area contributed by atoms with E-state index in [1.165, 1.54) is 12.8 Å². The van der Waals surface area contributed by atoms with Crippen LogP contribution >= 0.6 is 11.3 Å². The first-order valence-electron chi connectivity index (χ1n) is 11.1. The number of fused-ring (bicyclic) bond motifs is 1. The Morgan fingerprint density at radius 1 is 1.00 bits per heavy atom. The van der Waals surface area contributed by atoms with Crippen LogP contribution in [-0.2, 0) is 13.0 Å². The summed E-state index contributed by atoms with van der Waals surface area (Å²) >= 11 is 1.70. The molecule has 0 unspecified atom stereocenters. The number of nitrogens with zero attached hydrogens (tertiary/aromatic N) is 4. The molecule has 2 aromatic heterocycles. The lowest BCUT2D eigenvalue weighted by Gasteiger charge is -2.15. The third-order valence-corrected chi connectivity index (χ3v) is 6.69. The maximum absolute atomic E-state index is 5.24. The van der Waals surface area contributed by atoms with Gasteiger partial charge in [-0.05, 0) is 62.3 Å². The van der Waals surface area contributed by atoms with Crippen LogP contribution in [-0.4, -0.2) is 46.6 Å². The summed E-state index contributed by atoms with van der Waals surface area (Å²) in [6, 6.07) is 16.3. The summed E-state index contributed by atoms with van der Waals surface area (Å²) in [6.07, 6.45) is 3.39. The van der Waals surface area contributed by atoms with E-state index in [9.17, 15) is 0 Å². The standard InChI is InChI=1S/C25H27N5OS/c1-31-19-10-8-18(9-11-19)22-17-32-24(28-22)12-13-26-25-20-6-2-3-7-21(20)27-23(29-25)16-30-14-4-5-15-30/h2-3,6-11,17H,4-5,12-16H2,1H3,(H,26,27,29). The Morgan fingerprint density at radius 2 is 1.81 bits per heavy atom. The first-order chi connectivity index (χ1) is 15.8. The number of para-hydroxylation sites is 1. The molecule has 164 valence electrons. The van der Waals surface area contributed by atoms with Crippen molar-refractivity contribution in [1.82, 2.24) is 19.9 Å². The zero-order valence-corrected chi connectivity index (χ0v) is 19.1. The molecule has 4 aromatic rings. The minimum Gasteiger partial charge on any atom is -0.497 e. The Hall–Kier alpha value is -3.03. The summed E-state index contributed by atoms with van der Waals surface area (Å²) in [4.78, 5) is 16.9. The van der Waals surface area contributed by atoms with Gasteiger partial charge in [-0.2, -0.15) is 0 Å². The second-order valence-electron chi connectivity index (χ2n) is 8.02. The highest BCUT2D eigenvalue weighted by atomic mass is 32.1. The summed E-state index contributed by atoms with van der Waals surface area (Å²) in [7, 11) is 1.68. The van der Waals surface area contributed by atoms with E-state index in [-0.39, 0.29) is 0 Å². The lowest BCUT2D eigenvalue weighted by molar-refractivity contribution is 0.323. The number of benzene rings is 2. The quantitative estimate of drug-likeness (QED) is 0.411. The summed E-state index contributed by atoms with van der Waals surface area (Å²) in [5.74, 6) is 2.66. The molecule has 0 spiro atoms. The largest absolute Gasteiger partial charge is 0.497 e. The molecule has 6 nitrogen and oxygen atoms in total. The Bertz CT molecular complexity index is 1180. The molecule has 2 aromatic carbocycles. The number of thiazole rings is 1. The Labute approximate surface area is 192 Å². The van der Waals surface area contributed by atoms with Crippen molar-refractivity contribution in [2.75, 3.05) is 32.1 Å². The Kier molecular flexibility index (Phi) is 6.27. The van der Waals surface area contributed by atoms with Gasteiger partial charge in [0.15, 0.2) is 0 Å². The van der Waals surface area contributed by atoms with Gasteiger partial charge in [-0.3, -0.25) is 4.90 Å². The van der Waals surface area contributed by atoms with Gasteiger partial charge in [-0.25, -0.2) is 15.0 Å². The van der Waals surface area contributed by atoms with E-state index in [1.54, 1.807) is 18.4 Å². The minimum absolute atomic E-state index is 0.778. The summed E-state index contributed by atoms with van der Waals surface area (Å²) in [6.45, 7) is 3.87. The number of nitrogens with one attached hydrogen (secondary N) is 1. The van der Waals surface area contributed by atoms with Gasteiger partial charge in [0.25, 0.3) is 0 Å². The lowest BCUT2D eigenvalue weighted by atomic mass is 10.2. The van der Waals surface area contributed by atoms with Crippen LogP contribution in [0.3, 0.4) is 0 Å². The number of hydrogen-bond acceptors (Lipinski definition) is 7. The van der Waals surface area contributed by atoms with Crippen molar-refractivity contribution in [2.45, 2.75) is 25.8 Å². The highest BCUT2D eigenvalue weighted by molar-refractivity contribution is 7.09. The molecular weight excluding hydrogens is 418 g/mol. The van der Waals surface area contributed by atoms with Crippen molar-refractivity contribution in [3.05, 3.63) is 64.7 Å². The number of methoxy groups -OCH3 is 1. The average Bonchev–Trinajstić information content (AvgIpc) is 3.51. The van der Waals surface area contributed by atoms with E-state index in [0.29, 0.717) is 0 Å². The van der Waals surface area contributed by atoms with Crippen LogP contribution in [0.1, 0.15) is 23.7 Å². The first kappa shape index (κ1) is 20.8. The monoisotopic (exact) mass is 445 g/mol. The first-order valence-corrected chi connectivity index (χ1v) is 12.0. The average molecular weight is 446 g/mol. The zero-order chi connectivity index (χ0) is 21.8. The molecule has 0 bridgehead atoms. The molecule has 0 atom stereocenters. The number of anilines is 1. The molecule has 0 radical (unpaired) electrons. The number of hydrogen-bond donors (Lipinski definition) is 1. The van der Waals surface area contributed by atoms with Gasteiger partial charge in [0.2, 0.25) is 0 Å². The van der Waals surface area contributed by atoms with Gasteiger partial charge >= 0.3 is 0 Å². The molecule has 7 heteroatoms. The fourth-order valence-corrected chi connectivity index (χ4v) is 4.89. The van der Waals surface area contributed by atoms with Crippen LogP contribution in [0.2, 0.25) is 0 Å². The number of rotatable bonds is 8. The molecule has 1 N–H and O–H groups in total. The molecule has 1 fully saturated rings. The predicted octanol–water partition coefficient (Wildman–Crippen LogP) is 5.01. The molecule has 1 aliphatic heterocycles. The van der Waals surface area contributed by atoms with E-state index in [2.05, 4.69) is 27.7 Å². The predicted molar refractivity (Wildman–Crippen MR) is 130 cm³/mol. The minimum atomic E-state index is 0.778. The summed E-state index contributed by atoms with van der Waals surface area (Å²) in [5, 5.41) is 7.84. The molecule has 3 heterocycles. The summed E-state index contributed by atoms with van der Waals surface area (Å²) in [5.41, 5.74) is 3.11. The van der Waals surface area contributed by atoms with Crippen LogP contribution < -0.4 is 10.1 Å². The third kappa shape index (κ3) is 4.74. The molecule has 0 amide bonds. The van der Waals surface area contributed by atoms with E-state index in [0.717, 1.165) is 77.2 Å². The number of likely N-dealkylation sites (tertiary alicyclic amines) is 1. The lowest BCUT2D eigenvalue weighted by Crippen LogP contribution is -2.20. The molecule has 0 aliphatic carbocycles. The molecule has 1 aliphatic rings. The Morgan fingerprint density at radius 3 is 2.62 bits per heavy atom. The smallest absolute Gasteiger partial charge is 0.145 e. The van der Waals surface area contributed by atoms with Crippen molar-refractivity contribution >= 4 is 28.1 Å². The van der Waals surface area contributed by atoms with Crippen molar-refractivity contribution < 1.29 is 4.74 Å². The third-order valence-electron chi connectivity index (χ3n) is 5.78. The van der Waals surface area contributed by atoms with Gasteiger partial charge in [0.05, 0.1) is 29.9 Å². The van der Waals surface area contributed by atoms with Gasteiger partial charge < -0.3 is 10.1 Å². The van der Waals surface area contributed by atoms with E-state index in [1.807, 2.05) is 36.4 Å². The fraction of sp³-hybridized carbons (Fsp3) is 0.320. The van der Waals surface area contributed by atoms with Crippen molar-refractivity contribution in [1.29, 1.82) is 0 Å². The van der Waals surface area contributed by atoms with E-state index in [4.69, 9.17) is 19.7 Å². The molecule has 1 saturated heterocycles. The molecule has 0 saturated carbocycles. The Balaban J connectivity index is 1.27. The van der Waals surface area contributed by atoms with Crippen LogP contribution in [0.5, 0.6) is 5.75 Å². The molecule has 5 rings (SSSR count). The van der Waals surface area contributed by atoms with Gasteiger partial charge in [-0.1, -0.05) is 12.1 Å². The zero-order valence-electron chi connectivity index (χ0n) is 18.3. The van der Waals surface area contributed by atoms with Gasteiger partial charge in [-0.15, -0.1) is 11.3 Å². The van der Waals surface area contributed by atoms with Crippen LogP contribution in [0.25, 0.3) is 22.2 Å². The summed E-state index contributed by atoms with van der Waals surface area (Å²) < 4.78 is 5.24. The maximum Gasteiger partial charge on any atom is 0.145 e. The van der Waals surface area contributed by atoms with Crippen LogP contribution in [0.4, 0.5) is 5.82 Å². The molecular formula is C25H27N5OS. The second-order valence-corrected chi connectivity index (χ2v) is 8.96. The SMILES string of the molecule is COc1ccc(-c2csc(CCNc3nc(CN4CCCC4)nc4ccccc34)n2)cc1. The van der Waals surface area contributed by atoms with Crippen molar-refractivity contribution in [2.24, 2.45) is 0 Å².